The number of fused-ring (bicyclic) bond motifs is 1. The maximum absolute atomic E-state index is 12.1. The molecule has 158 valence electrons. The molecule has 0 saturated carbocycles. The summed E-state index contributed by atoms with van der Waals surface area (Å²) in [5.41, 5.74) is 4.08. The molecule has 0 bridgehead atoms. The summed E-state index contributed by atoms with van der Waals surface area (Å²) in [4.78, 5) is 27.1. The largest absolute Gasteiger partial charge is 0.439 e. The van der Waals surface area contributed by atoms with Crippen LogP contribution in [0.4, 0.5) is 0 Å². The lowest BCUT2D eigenvalue weighted by Crippen LogP contribution is -2.26. The number of likely N-dealkylation sites (tertiary alicyclic amines) is 1. The SMILES string of the molecule is C=CC(=O)N1CCC(c2cc(-c3ccc(Oc4ccccc4)nc3)cc3cncnc23)C1. The number of nitrogens with zero attached hydrogens (tertiary/aromatic N) is 4. The van der Waals surface area contributed by atoms with Crippen molar-refractivity contribution in [3.05, 3.63) is 91.5 Å². The third-order valence-corrected chi connectivity index (χ3v) is 5.79. The fourth-order valence-electron chi connectivity index (χ4n) is 4.17. The molecule has 1 atom stereocenters. The summed E-state index contributed by atoms with van der Waals surface area (Å²) in [5, 5.41) is 0.970. The molecule has 1 fully saturated rings. The Hall–Kier alpha value is -4.06. The molecule has 4 aromatic rings. The molecule has 0 N–H and O–H groups in total. The van der Waals surface area contributed by atoms with Gasteiger partial charge in [0.05, 0.1) is 5.52 Å². The predicted octanol–water partition coefficient (Wildman–Crippen LogP) is 4.99. The number of aromatic nitrogens is 3. The topological polar surface area (TPSA) is 68.2 Å². The lowest BCUT2D eigenvalue weighted by Gasteiger charge is -2.17. The van der Waals surface area contributed by atoms with E-state index in [0.29, 0.717) is 12.4 Å². The molecule has 1 amide bonds. The fraction of sp³-hybridized carbons (Fsp3) is 0.154. The van der Waals surface area contributed by atoms with E-state index in [-0.39, 0.29) is 11.8 Å². The van der Waals surface area contributed by atoms with E-state index in [1.54, 1.807) is 6.33 Å². The van der Waals surface area contributed by atoms with Crippen molar-refractivity contribution in [2.75, 3.05) is 13.1 Å². The molecule has 1 aliphatic heterocycles. The van der Waals surface area contributed by atoms with Gasteiger partial charge in [0, 0.05) is 48.4 Å². The van der Waals surface area contributed by atoms with Gasteiger partial charge in [-0.3, -0.25) is 4.79 Å². The molecular formula is C26H22N4O2. The van der Waals surface area contributed by atoms with E-state index in [9.17, 15) is 4.79 Å². The van der Waals surface area contributed by atoms with Crippen molar-refractivity contribution in [1.29, 1.82) is 0 Å². The molecule has 2 aromatic heterocycles. The van der Waals surface area contributed by atoms with Gasteiger partial charge in [0.2, 0.25) is 11.8 Å². The smallest absolute Gasteiger partial charge is 0.245 e. The van der Waals surface area contributed by atoms with Gasteiger partial charge in [-0.05, 0) is 54.0 Å². The van der Waals surface area contributed by atoms with Crippen LogP contribution in [0.5, 0.6) is 11.6 Å². The zero-order valence-electron chi connectivity index (χ0n) is 17.5. The highest BCUT2D eigenvalue weighted by atomic mass is 16.5. The summed E-state index contributed by atoms with van der Waals surface area (Å²) in [7, 11) is 0. The lowest BCUT2D eigenvalue weighted by molar-refractivity contribution is -0.125. The maximum atomic E-state index is 12.1. The predicted molar refractivity (Wildman–Crippen MR) is 123 cm³/mol. The molecule has 3 heterocycles. The number of hydrogen-bond donors (Lipinski definition) is 0. The molecule has 1 aliphatic rings. The van der Waals surface area contributed by atoms with Crippen LogP contribution in [-0.4, -0.2) is 38.8 Å². The number of hydrogen-bond acceptors (Lipinski definition) is 5. The Kier molecular flexibility index (Phi) is 5.34. The minimum absolute atomic E-state index is 0.0270. The molecule has 6 nitrogen and oxygen atoms in total. The van der Waals surface area contributed by atoms with Gasteiger partial charge in [0.1, 0.15) is 12.1 Å². The number of carbonyl (C=O) groups is 1. The van der Waals surface area contributed by atoms with E-state index in [2.05, 4.69) is 33.7 Å². The van der Waals surface area contributed by atoms with Crippen molar-refractivity contribution in [2.24, 2.45) is 0 Å². The molecule has 5 rings (SSSR count). The number of carbonyl (C=O) groups excluding carboxylic acids is 1. The lowest BCUT2D eigenvalue weighted by atomic mass is 9.92. The summed E-state index contributed by atoms with van der Waals surface area (Å²) in [6, 6.07) is 17.7. The standard InChI is InChI=1S/C26H22N4O2/c1-2-25(31)30-11-10-19(16-30)23-13-20(12-21-14-27-17-29-26(21)23)18-8-9-24(28-15-18)32-22-6-4-3-5-7-22/h2-9,12-15,17,19H,1,10-11,16H2. The van der Waals surface area contributed by atoms with Gasteiger partial charge >= 0.3 is 0 Å². The molecular weight excluding hydrogens is 400 g/mol. The highest BCUT2D eigenvalue weighted by molar-refractivity contribution is 5.89. The fourth-order valence-corrected chi connectivity index (χ4v) is 4.17. The highest BCUT2D eigenvalue weighted by Gasteiger charge is 2.28. The quantitative estimate of drug-likeness (QED) is 0.424. The minimum Gasteiger partial charge on any atom is -0.439 e. The Morgan fingerprint density at radius 3 is 2.72 bits per heavy atom. The third-order valence-electron chi connectivity index (χ3n) is 5.79. The number of benzene rings is 2. The minimum atomic E-state index is -0.0270. The molecule has 6 heteroatoms. The van der Waals surface area contributed by atoms with Crippen LogP contribution in [0.2, 0.25) is 0 Å². The van der Waals surface area contributed by atoms with Crippen molar-refractivity contribution in [1.82, 2.24) is 19.9 Å². The van der Waals surface area contributed by atoms with E-state index in [1.807, 2.05) is 59.8 Å². The van der Waals surface area contributed by atoms with E-state index in [1.165, 1.54) is 6.08 Å². The summed E-state index contributed by atoms with van der Waals surface area (Å²) >= 11 is 0. The van der Waals surface area contributed by atoms with Gasteiger partial charge in [0.25, 0.3) is 0 Å². The summed E-state index contributed by atoms with van der Waals surface area (Å²) in [5.74, 6) is 1.47. The van der Waals surface area contributed by atoms with Crippen LogP contribution in [0.1, 0.15) is 17.9 Å². The first-order valence-electron chi connectivity index (χ1n) is 10.6. The van der Waals surface area contributed by atoms with Crippen LogP contribution < -0.4 is 4.74 Å². The van der Waals surface area contributed by atoms with Crippen molar-refractivity contribution < 1.29 is 9.53 Å². The molecule has 1 saturated heterocycles. The Bertz CT molecular complexity index is 1270. The van der Waals surface area contributed by atoms with Crippen LogP contribution in [0.25, 0.3) is 22.0 Å². The van der Waals surface area contributed by atoms with Gasteiger partial charge in [0.15, 0.2) is 0 Å². The van der Waals surface area contributed by atoms with Crippen LogP contribution in [0.3, 0.4) is 0 Å². The zero-order chi connectivity index (χ0) is 21.9. The third kappa shape index (κ3) is 3.95. The molecule has 0 spiro atoms. The first kappa shape index (κ1) is 19.9. The average molecular weight is 422 g/mol. The van der Waals surface area contributed by atoms with Crippen molar-refractivity contribution >= 4 is 16.8 Å². The van der Waals surface area contributed by atoms with Crippen LogP contribution in [-0.2, 0) is 4.79 Å². The van der Waals surface area contributed by atoms with Crippen LogP contribution in [0, 0.1) is 0 Å². The van der Waals surface area contributed by atoms with E-state index in [4.69, 9.17) is 4.74 Å². The number of para-hydroxylation sites is 1. The number of ether oxygens (including phenoxy) is 1. The summed E-state index contributed by atoms with van der Waals surface area (Å²) in [6.07, 6.45) is 7.49. The van der Waals surface area contributed by atoms with Gasteiger partial charge in [-0.2, -0.15) is 0 Å². The van der Waals surface area contributed by atoms with Crippen molar-refractivity contribution in [2.45, 2.75) is 12.3 Å². The summed E-state index contributed by atoms with van der Waals surface area (Å²) < 4.78 is 5.81. The van der Waals surface area contributed by atoms with Crippen LogP contribution in [0.15, 0.2) is 86.0 Å². The number of pyridine rings is 1. The average Bonchev–Trinajstić information content (AvgIpc) is 3.34. The Morgan fingerprint density at radius 1 is 1.06 bits per heavy atom. The van der Waals surface area contributed by atoms with E-state index in [0.717, 1.165) is 46.3 Å². The van der Waals surface area contributed by atoms with E-state index >= 15 is 0 Å². The Labute approximate surface area is 186 Å². The molecule has 1 unspecified atom stereocenters. The van der Waals surface area contributed by atoms with Crippen molar-refractivity contribution in [3.8, 4) is 22.8 Å². The number of rotatable bonds is 5. The van der Waals surface area contributed by atoms with E-state index < -0.39 is 0 Å². The second kappa shape index (κ2) is 8.59. The molecule has 0 radical (unpaired) electrons. The molecule has 0 aliphatic carbocycles. The highest BCUT2D eigenvalue weighted by Crippen LogP contribution is 2.35. The summed E-state index contributed by atoms with van der Waals surface area (Å²) in [6.45, 7) is 4.99. The maximum Gasteiger partial charge on any atom is 0.245 e. The number of amides is 1. The van der Waals surface area contributed by atoms with Gasteiger partial charge in [-0.15, -0.1) is 0 Å². The second-order valence-corrected chi connectivity index (χ2v) is 7.80. The first-order chi connectivity index (χ1) is 15.7. The second-order valence-electron chi connectivity index (χ2n) is 7.80. The van der Waals surface area contributed by atoms with Crippen LogP contribution >= 0.6 is 0 Å². The zero-order valence-corrected chi connectivity index (χ0v) is 17.5. The Balaban J connectivity index is 1.47. The Morgan fingerprint density at radius 2 is 1.94 bits per heavy atom. The van der Waals surface area contributed by atoms with Crippen molar-refractivity contribution in [3.63, 3.8) is 0 Å². The van der Waals surface area contributed by atoms with Gasteiger partial charge in [-0.1, -0.05) is 24.8 Å². The van der Waals surface area contributed by atoms with Gasteiger partial charge < -0.3 is 9.64 Å². The first-order valence-corrected chi connectivity index (χ1v) is 10.6. The molecule has 32 heavy (non-hydrogen) atoms. The van der Waals surface area contributed by atoms with Gasteiger partial charge in [-0.25, -0.2) is 15.0 Å². The molecule has 2 aromatic carbocycles. The monoisotopic (exact) mass is 422 g/mol. The normalized spacial score (nSPS) is 15.6.